The predicted octanol–water partition coefficient (Wildman–Crippen LogP) is 4.17. The Morgan fingerprint density at radius 2 is 1.81 bits per heavy atom. The number of rotatable bonds is 4. The average Bonchev–Trinajstić information content (AvgIpc) is 2.99. The lowest BCUT2D eigenvalue weighted by molar-refractivity contribution is -0.173. The number of hydrogen-bond donors (Lipinski definition) is 1. The van der Waals surface area contributed by atoms with Gasteiger partial charge in [-0.25, -0.2) is 0 Å². The van der Waals surface area contributed by atoms with E-state index in [-0.39, 0.29) is 29.0 Å². The van der Waals surface area contributed by atoms with Gasteiger partial charge in [0.2, 0.25) is 0 Å². The van der Waals surface area contributed by atoms with E-state index >= 15 is 0 Å². The van der Waals surface area contributed by atoms with E-state index in [4.69, 9.17) is 9.47 Å². The third-order valence-corrected chi connectivity index (χ3v) is 9.44. The molecule has 0 aromatic heterocycles. The van der Waals surface area contributed by atoms with Crippen LogP contribution in [0, 0.1) is 51.8 Å². The summed E-state index contributed by atoms with van der Waals surface area (Å²) in [7, 11) is 1.69. The summed E-state index contributed by atoms with van der Waals surface area (Å²) in [4.78, 5) is 0. The Kier molecular flexibility index (Phi) is 5.33. The minimum absolute atomic E-state index is 0.0519. The molecule has 0 heterocycles. The van der Waals surface area contributed by atoms with E-state index < -0.39 is 0 Å². The van der Waals surface area contributed by atoms with Crippen molar-refractivity contribution >= 4 is 0 Å². The van der Waals surface area contributed by atoms with E-state index in [1.807, 2.05) is 0 Å². The first-order valence-electron chi connectivity index (χ1n) is 11.1. The summed E-state index contributed by atoms with van der Waals surface area (Å²) in [6.45, 7) is 6.06. The Labute approximate surface area is 164 Å². The van der Waals surface area contributed by atoms with E-state index in [0.717, 1.165) is 37.0 Å². The first-order chi connectivity index (χ1) is 12.9. The number of nitrogens with zero attached hydrogens (tertiary/aromatic N) is 1. The van der Waals surface area contributed by atoms with Gasteiger partial charge in [0.1, 0.15) is 0 Å². The fourth-order valence-electron chi connectivity index (χ4n) is 7.92. The van der Waals surface area contributed by atoms with Crippen LogP contribution in [0.2, 0.25) is 0 Å². The smallest absolute Gasteiger partial charge is 0.0840 e. The molecule has 4 aliphatic carbocycles. The van der Waals surface area contributed by atoms with Gasteiger partial charge in [-0.05, 0) is 85.9 Å². The Morgan fingerprint density at radius 3 is 2.56 bits per heavy atom. The molecule has 0 aliphatic heterocycles. The Hall–Kier alpha value is -0.630. The van der Waals surface area contributed by atoms with Crippen LogP contribution >= 0.6 is 0 Å². The topological polar surface area (TPSA) is 62.5 Å². The molecule has 0 aromatic carbocycles. The van der Waals surface area contributed by atoms with Crippen molar-refractivity contribution in [1.82, 2.24) is 0 Å². The molecule has 4 fully saturated rings. The molecule has 0 saturated heterocycles. The van der Waals surface area contributed by atoms with Crippen molar-refractivity contribution in [2.24, 2.45) is 40.4 Å². The number of ether oxygens (including phenoxy) is 2. The summed E-state index contributed by atoms with van der Waals surface area (Å²) in [6.07, 6.45) is 8.82. The van der Waals surface area contributed by atoms with Crippen LogP contribution in [0.15, 0.2) is 0 Å². The lowest BCUT2D eigenvalue weighted by Crippen LogP contribution is -2.57. The van der Waals surface area contributed by atoms with Crippen molar-refractivity contribution < 1.29 is 14.6 Å². The van der Waals surface area contributed by atoms with Gasteiger partial charge >= 0.3 is 0 Å². The number of fused-ring (bicyclic) bond motifs is 5. The number of aliphatic hydroxyl groups excluding tert-OH is 1. The van der Waals surface area contributed by atoms with Gasteiger partial charge in [-0.2, -0.15) is 5.26 Å². The number of aliphatic hydroxyl groups is 1. The van der Waals surface area contributed by atoms with Crippen LogP contribution in [0.25, 0.3) is 0 Å². The molecule has 4 saturated carbocycles. The highest BCUT2D eigenvalue weighted by molar-refractivity contribution is 5.13. The second-order valence-corrected chi connectivity index (χ2v) is 10.4. The maximum absolute atomic E-state index is 10.7. The highest BCUT2D eigenvalue weighted by Gasteiger charge is 2.61. The largest absolute Gasteiger partial charge is 0.390 e. The number of methoxy groups -OCH3 is 1. The molecule has 4 aliphatic rings. The molecular formula is C23H37NO3. The molecule has 0 radical (unpaired) electrons. The van der Waals surface area contributed by atoms with Gasteiger partial charge in [-0.15, -0.1) is 0 Å². The molecule has 27 heavy (non-hydrogen) atoms. The average molecular weight is 376 g/mol. The summed E-state index contributed by atoms with van der Waals surface area (Å²) in [5.41, 5.74) is 0.508. The lowest BCUT2D eigenvalue weighted by atomic mass is 9.44. The van der Waals surface area contributed by atoms with Gasteiger partial charge in [-0.3, -0.25) is 0 Å². The summed E-state index contributed by atoms with van der Waals surface area (Å²) >= 11 is 0. The van der Waals surface area contributed by atoms with Gasteiger partial charge in [0.15, 0.2) is 0 Å². The molecule has 0 spiro atoms. The molecule has 1 N–H and O–H groups in total. The first kappa shape index (κ1) is 19.7. The maximum Gasteiger partial charge on any atom is 0.0840 e. The number of hydrogen-bond acceptors (Lipinski definition) is 4. The molecule has 9 atom stereocenters. The van der Waals surface area contributed by atoms with Crippen molar-refractivity contribution in [1.29, 1.82) is 5.26 Å². The van der Waals surface area contributed by atoms with Crippen LogP contribution in [0.5, 0.6) is 0 Å². The Balaban J connectivity index is 1.54. The third-order valence-electron chi connectivity index (χ3n) is 9.44. The van der Waals surface area contributed by atoms with Crippen molar-refractivity contribution in [3.63, 3.8) is 0 Å². The lowest BCUT2D eigenvalue weighted by Gasteiger charge is -2.61. The molecular weight excluding hydrogens is 338 g/mol. The van der Waals surface area contributed by atoms with Gasteiger partial charge < -0.3 is 14.6 Å². The second-order valence-electron chi connectivity index (χ2n) is 10.4. The zero-order valence-electron chi connectivity index (χ0n) is 17.3. The predicted molar refractivity (Wildman–Crippen MR) is 104 cm³/mol. The summed E-state index contributed by atoms with van der Waals surface area (Å²) in [5, 5.41) is 20.3. The van der Waals surface area contributed by atoms with Gasteiger partial charge in [0, 0.05) is 7.11 Å². The monoisotopic (exact) mass is 375 g/mol. The summed E-state index contributed by atoms with van der Waals surface area (Å²) < 4.78 is 11.2. The molecule has 0 amide bonds. The summed E-state index contributed by atoms with van der Waals surface area (Å²) in [6, 6.07) is 2.64. The molecule has 0 aromatic rings. The minimum atomic E-state index is -0.334. The molecule has 0 unspecified atom stereocenters. The van der Waals surface area contributed by atoms with E-state index in [9.17, 15) is 10.4 Å². The molecule has 0 bridgehead atoms. The van der Waals surface area contributed by atoms with Crippen molar-refractivity contribution in [3.05, 3.63) is 0 Å². The Bertz CT molecular complexity index is 589. The highest BCUT2D eigenvalue weighted by Crippen LogP contribution is 2.67. The first-order valence-corrected chi connectivity index (χ1v) is 11.1. The SMILES string of the molecule is COCCO[C@H]1C[C@@]2(C)[C@@H](CC[C@@H]3[C@@H]2CC[C@]2(C)[C@@H](C#N)CC[C@@H]32)C[C@@H]1O. The number of nitriles is 1. The van der Waals surface area contributed by atoms with Gasteiger partial charge in [-0.1, -0.05) is 13.8 Å². The van der Waals surface area contributed by atoms with Crippen LogP contribution in [-0.2, 0) is 9.47 Å². The fourth-order valence-corrected chi connectivity index (χ4v) is 7.92. The second kappa shape index (κ2) is 7.32. The quantitative estimate of drug-likeness (QED) is 0.749. The van der Waals surface area contributed by atoms with Crippen molar-refractivity contribution in [2.75, 3.05) is 20.3 Å². The molecule has 4 nitrogen and oxygen atoms in total. The highest BCUT2D eigenvalue weighted by atomic mass is 16.5. The van der Waals surface area contributed by atoms with E-state index in [1.54, 1.807) is 7.11 Å². The fraction of sp³-hybridized carbons (Fsp3) is 0.957. The minimum Gasteiger partial charge on any atom is -0.390 e. The van der Waals surface area contributed by atoms with Crippen LogP contribution < -0.4 is 0 Å². The van der Waals surface area contributed by atoms with Crippen molar-refractivity contribution in [2.45, 2.75) is 77.4 Å². The zero-order chi connectivity index (χ0) is 19.2. The normalized spacial score (nSPS) is 51.7. The van der Waals surface area contributed by atoms with E-state index in [2.05, 4.69) is 19.9 Å². The molecule has 4 rings (SSSR count). The van der Waals surface area contributed by atoms with E-state index in [0.29, 0.717) is 19.1 Å². The van der Waals surface area contributed by atoms with Crippen LogP contribution in [-0.4, -0.2) is 37.6 Å². The van der Waals surface area contributed by atoms with Crippen molar-refractivity contribution in [3.8, 4) is 6.07 Å². The van der Waals surface area contributed by atoms with E-state index in [1.165, 1.54) is 32.1 Å². The third kappa shape index (κ3) is 3.05. The molecule has 152 valence electrons. The summed E-state index contributed by atoms with van der Waals surface area (Å²) in [5.74, 6) is 3.09. The Morgan fingerprint density at radius 1 is 1.04 bits per heavy atom. The van der Waals surface area contributed by atoms with Gasteiger partial charge in [0.05, 0.1) is 37.4 Å². The van der Waals surface area contributed by atoms with Gasteiger partial charge in [0.25, 0.3) is 0 Å². The van der Waals surface area contributed by atoms with Crippen LogP contribution in [0.1, 0.15) is 65.2 Å². The standard InChI is InChI=1S/C23H37NO3/c1-22-9-8-19-17(18(22)7-5-16(22)14-24)6-4-15-12-20(25)21(13-23(15,19)2)27-11-10-26-3/h15-21,25H,4-13H2,1-3H3/t15-,16+,17-,18-,19-,20-,21-,22+,23-/m0/s1. The maximum atomic E-state index is 10.7. The van der Waals surface area contributed by atoms with Crippen LogP contribution in [0.3, 0.4) is 0 Å². The van der Waals surface area contributed by atoms with Crippen LogP contribution in [0.4, 0.5) is 0 Å². The molecule has 4 heteroatoms. The zero-order valence-corrected chi connectivity index (χ0v) is 17.3.